The second-order valence-corrected chi connectivity index (χ2v) is 4.19. The average molecular weight is 216 g/mol. The summed E-state index contributed by atoms with van der Waals surface area (Å²) in [7, 11) is 0. The maximum Gasteiger partial charge on any atom is 0.236 e. The molecule has 0 rings (SSSR count). The average Bonchev–Trinajstić information content (AvgIpc) is 2.23. The molecule has 0 aromatic rings. The quantitative estimate of drug-likeness (QED) is 0.584. The first-order chi connectivity index (χ1) is 7.01. The van der Waals surface area contributed by atoms with Crippen LogP contribution in [0.3, 0.4) is 0 Å². The topological polar surface area (TPSA) is 75.3 Å². The van der Waals surface area contributed by atoms with Crippen molar-refractivity contribution in [3.05, 3.63) is 0 Å². The highest BCUT2D eigenvalue weighted by Crippen LogP contribution is 2.29. The van der Waals surface area contributed by atoms with E-state index < -0.39 is 6.04 Å². The molecule has 0 saturated carbocycles. The summed E-state index contributed by atoms with van der Waals surface area (Å²) in [6.45, 7) is 6.59. The van der Waals surface area contributed by atoms with Crippen LogP contribution < -0.4 is 11.1 Å². The van der Waals surface area contributed by atoms with E-state index in [-0.39, 0.29) is 17.9 Å². The smallest absolute Gasteiger partial charge is 0.236 e. The van der Waals surface area contributed by atoms with E-state index in [0.29, 0.717) is 6.54 Å². The van der Waals surface area contributed by atoms with Crippen LogP contribution >= 0.6 is 0 Å². The first-order valence-electron chi connectivity index (χ1n) is 5.65. The molecule has 0 radical (unpaired) electrons. The van der Waals surface area contributed by atoms with Crippen molar-refractivity contribution in [1.29, 1.82) is 0 Å². The van der Waals surface area contributed by atoms with Crippen LogP contribution in [0.15, 0.2) is 0 Å². The van der Waals surface area contributed by atoms with E-state index >= 15 is 0 Å². The van der Waals surface area contributed by atoms with Gasteiger partial charge in [0.2, 0.25) is 5.91 Å². The first kappa shape index (κ1) is 14.4. The maximum absolute atomic E-state index is 11.3. The molecule has 0 bridgehead atoms. The van der Waals surface area contributed by atoms with E-state index in [1.807, 2.05) is 0 Å². The molecule has 0 aromatic carbocycles. The summed E-state index contributed by atoms with van der Waals surface area (Å²) in [6.07, 6.45) is 2.62. The van der Waals surface area contributed by atoms with Gasteiger partial charge in [-0.1, -0.05) is 13.8 Å². The number of carbonyl (C=O) groups is 1. The zero-order valence-electron chi connectivity index (χ0n) is 10.0. The lowest BCUT2D eigenvalue weighted by Crippen LogP contribution is -2.44. The van der Waals surface area contributed by atoms with Crippen molar-refractivity contribution < 1.29 is 9.90 Å². The monoisotopic (exact) mass is 216 g/mol. The summed E-state index contributed by atoms with van der Waals surface area (Å²) >= 11 is 0. The van der Waals surface area contributed by atoms with Gasteiger partial charge in [0.25, 0.3) is 0 Å². The second kappa shape index (κ2) is 6.80. The predicted molar refractivity (Wildman–Crippen MR) is 61.4 cm³/mol. The molecule has 0 unspecified atom stereocenters. The molecule has 90 valence electrons. The molecule has 0 aliphatic carbocycles. The second-order valence-electron chi connectivity index (χ2n) is 4.19. The van der Waals surface area contributed by atoms with E-state index in [2.05, 4.69) is 19.2 Å². The normalized spacial score (nSPS) is 13.7. The van der Waals surface area contributed by atoms with Crippen LogP contribution in [0.4, 0.5) is 0 Å². The summed E-state index contributed by atoms with van der Waals surface area (Å²) in [5.41, 5.74) is 5.47. The molecule has 0 heterocycles. The number of carbonyl (C=O) groups excluding carboxylic acids is 1. The Morgan fingerprint density at radius 2 is 2.00 bits per heavy atom. The van der Waals surface area contributed by atoms with Gasteiger partial charge in [-0.2, -0.15) is 0 Å². The minimum Gasteiger partial charge on any atom is -0.396 e. The van der Waals surface area contributed by atoms with Crippen LogP contribution in [0.5, 0.6) is 0 Å². The number of aliphatic hydroxyl groups is 1. The Hall–Kier alpha value is -0.610. The van der Waals surface area contributed by atoms with E-state index in [0.717, 1.165) is 19.3 Å². The minimum atomic E-state index is -0.467. The van der Waals surface area contributed by atoms with Gasteiger partial charge in [-0.25, -0.2) is 0 Å². The molecular formula is C11H24N2O2. The number of amides is 1. The van der Waals surface area contributed by atoms with Crippen LogP contribution in [0.1, 0.15) is 40.0 Å². The van der Waals surface area contributed by atoms with Gasteiger partial charge in [0.15, 0.2) is 0 Å². The number of hydrogen-bond acceptors (Lipinski definition) is 3. The zero-order valence-corrected chi connectivity index (χ0v) is 10.0. The van der Waals surface area contributed by atoms with Crippen molar-refractivity contribution in [2.45, 2.75) is 46.1 Å². The van der Waals surface area contributed by atoms with E-state index in [1.165, 1.54) is 0 Å². The van der Waals surface area contributed by atoms with E-state index in [9.17, 15) is 4.79 Å². The zero-order chi connectivity index (χ0) is 11.9. The van der Waals surface area contributed by atoms with Crippen LogP contribution in [0.2, 0.25) is 0 Å². The molecule has 1 amide bonds. The SMILES string of the molecule is CCC(CC)(CCO)CNC(=O)[C@H](C)N. The van der Waals surface area contributed by atoms with Crippen molar-refractivity contribution in [2.24, 2.45) is 11.1 Å². The number of rotatable bonds is 7. The number of nitrogens with two attached hydrogens (primary N) is 1. The summed E-state index contributed by atoms with van der Waals surface area (Å²) < 4.78 is 0. The van der Waals surface area contributed by atoms with Gasteiger partial charge in [-0.15, -0.1) is 0 Å². The van der Waals surface area contributed by atoms with Crippen LogP contribution in [-0.4, -0.2) is 30.2 Å². The third-order valence-electron chi connectivity index (χ3n) is 3.19. The van der Waals surface area contributed by atoms with Crippen LogP contribution in [0.25, 0.3) is 0 Å². The lowest BCUT2D eigenvalue weighted by atomic mass is 9.79. The highest BCUT2D eigenvalue weighted by Gasteiger charge is 2.26. The Morgan fingerprint density at radius 3 is 2.33 bits per heavy atom. The third kappa shape index (κ3) is 4.62. The van der Waals surface area contributed by atoms with Crippen molar-refractivity contribution in [3.8, 4) is 0 Å². The third-order valence-corrected chi connectivity index (χ3v) is 3.19. The first-order valence-corrected chi connectivity index (χ1v) is 5.65. The fourth-order valence-electron chi connectivity index (χ4n) is 1.61. The summed E-state index contributed by atoms with van der Waals surface area (Å²) in [5, 5.41) is 11.8. The van der Waals surface area contributed by atoms with Gasteiger partial charge < -0.3 is 16.2 Å². The molecule has 0 fully saturated rings. The molecule has 0 spiro atoms. The molecule has 0 saturated heterocycles. The molecule has 1 atom stereocenters. The van der Waals surface area contributed by atoms with Gasteiger partial charge in [0, 0.05) is 13.2 Å². The van der Waals surface area contributed by atoms with E-state index in [1.54, 1.807) is 6.92 Å². The Bertz CT molecular complexity index is 189. The highest BCUT2D eigenvalue weighted by atomic mass is 16.3. The van der Waals surface area contributed by atoms with Crippen molar-refractivity contribution >= 4 is 5.91 Å². The Labute approximate surface area is 92.2 Å². The Kier molecular flexibility index (Phi) is 6.52. The standard InChI is InChI=1S/C11H24N2O2/c1-4-11(5-2,6-7-14)8-13-10(15)9(3)12/h9,14H,4-8,12H2,1-3H3,(H,13,15)/t9-/m0/s1. The minimum absolute atomic E-state index is 0.0132. The summed E-state index contributed by atoms with van der Waals surface area (Å²) in [4.78, 5) is 11.3. The Morgan fingerprint density at radius 1 is 1.47 bits per heavy atom. The van der Waals surface area contributed by atoms with E-state index in [4.69, 9.17) is 10.8 Å². The van der Waals surface area contributed by atoms with Crippen LogP contribution in [-0.2, 0) is 4.79 Å². The molecule has 0 aliphatic heterocycles. The summed E-state index contributed by atoms with van der Waals surface area (Å²) in [5.74, 6) is -0.126. The molecule has 4 N–H and O–H groups in total. The number of aliphatic hydroxyl groups excluding tert-OH is 1. The largest absolute Gasteiger partial charge is 0.396 e. The maximum atomic E-state index is 11.3. The Balaban J connectivity index is 4.22. The summed E-state index contributed by atoms with van der Waals surface area (Å²) in [6, 6.07) is -0.467. The highest BCUT2D eigenvalue weighted by molar-refractivity contribution is 5.80. The fraction of sp³-hybridized carbons (Fsp3) is 0.909. The molecule has 4 heteroatoms. The number of nitrogens with one attached hydrogen (secondary N) is 1. The van der Waals surface area contributed by atoms with Crippen molar-refractivity contribution in [2.75, 3.05) is 13.2 Å². The lowest BCUT2D eigenvalue weighted by Gasteiger charge is -2.31. The van der Waals surface area contributed by atoms with Crippen molar-refractivity contribution in [1.82, 2.24) is 5.32 Å². The molecular weight excluding hydrogens is 192 g/mol. The number of hydrogen-bond donors (Lipinski definition) is 3. The molecule has 0 aromatic heterocycles. The molecule has 4 nitrogen and oxygen atoms in total. The lowest BCUT2D eigenvalue weighted by molar-refractivity contribution is -0.122. The van der Waals surface area contributed by atoms with Crippen molar-refractivity contribution in [3.63, 3.8) is 0 Å². The van der Waals surface area contributed by atoms with Gasteiger partial charge >= 0.3 is 0 Å². The molecule has 0 aliphatic rings. The van der Waals surface area contributed by atoms with Gasteiger partial charge in [-0.3, -0.25) is 4.79 Å². The van der Waals surface area contributed by atoms with Crippen LogP contribution in [0, 0.1) is 5.41 Å². The van der Waals surface area contributed by atoms with Gasteiger partial charge in [0.05, 0.1) is 6.04 Å². The van der Waals surface area contributed by atoms with Gasteiger partial charge in [-0.05, 0) is 31.6 Å². The predicted octanol–water partition coefficient (Wildman–Crippen LogP) is 0.639. The van der Waals surface area contributed by atoms with Gasteiger partial charge in [0.1, 0.15) is 0 Å². The molecule has 15 heavy (non-hydrogen) atoms. The fourth-order valence-corrected chi connectivity index (χ4v) is 1.61.